The smallest absolute Gasteiger partial charge is 0.131 e. The molecule has 0 aliphatic heterocycles. The Morgan fingerprint density at radius 1 is 1.53 bits per heavy atom. The molecule has 1 aromatic heterocycles. The molecule has 1 fully saturated rings. The molecule has 0 saturated heterocycles. The molecule has 0 amide bonds. The molecule has 15 heavy (non-hydrogen) atoms. The summed E-state index contributed by atoms with van der Waals surface area (Å²) in [5.41, 5.74) is 5.55. The molecule has 1 saturated carbocycles. The van der Waals surface area contributed by atoms with Crippen molar-refractivity contribution < 1.29 is 4.74 Å². The Balaban J connectivity index is 1.80. The van der Waals surface area contributed by atoms with E-state index in [2.05, 4.69) is 15.3 Å². The number of anilines is 2. The number of hydrogen-bond donors (Lipinski definition) is 2. The number of nitrogens with zero attached hydrogens (tertiary/aromatic N) is 2. The average Bonchev–Trinajstić information content (AvgIpc) is 2.15. The Bertz CT molecular complexity index is 325. The van der Waals surface area contributed by atoms with Gasteiger partial charge in [-0.2, -0.15) is 0 Å². The van der Waals surface area contributed by atoms with E-state index < -0.39 is 0 Å². The maximum atomic E-state index is 5.55. The van der Waals surface area contributed by atoms with E-state index in [9.17, 15) is 0 Å². The number of nitrogens with one attached hydrogen (secondary N) is 1. The van der Waals surface area contributed by atoms with Gasteiger partial charge in [0.05, 0.1) is 6.10 Å². The number of nitrogen functional groups attached to an aromatic ring is 1. The predicted molar refractivity (Wildman–Crippen MR) is 58.5 cm³/mol. The number of rotatable bonds is 4. The first-order chi connectivity index (χ1) is 7.28. The summed E-state index contributed by atoms with van der Waals surface area (Å²) in [5, 5.41) is 3.30. The minimum Gasteiger partial charge on any atom is -0.384 e. The van der Waals surface area contributed by atoms with Gasteiger partial charge in [-0.25, -0.2) is 9.97 Å². The van der Waals surface area contributed by atoms with Gasteiger partial charge in [0.1, 0.15) is 18.0 Å². The van der Waals surface area contributed by atoms with Gasteiger partial charge in [0, 0.05) is 18.7 Å². The molecule has 2 rings (SSSR count). The third kappa shape index (κ3) is 2.56. The van der Waals surface area contributed by atoms with Crippen LogP contribution in [-0.4, -0.2) is 28.7 Å². The van der Waals surface area contributed by atoms with Crippen molar-refractivity contribution >= 4 is 11.6 Å². The highest BCUT2D eigenvalue weighted by Gasteiger charge is 2.29. The summed E-state index contributed by atoms with van der Waals surface area (Å²) in [4.78, 5) is 7.93. The monoisotopic (exact) mass is 208 g/mol. The Hall–Kier alpha value is -1.36. The van der Waals surface area contributed by atoms with Gasteiger partial charge in [-0.05, 0) is 19.8 Å². The van der Waals surface area contributed by atoms with E-state index in [4.69, 9.17) is 10.5 Å². The Labute approximate surface area is 89.1 Å². The van der Waals surface area contributed by atoms with Crippen LogP contribution in [0.2, 0.25) is 0 Å². The summed E-state index contributed by atoms with van der Waals surface area (Å²) in [6.07, 6.45) is 3.96. The first-order valence-corrected chi connectivity index (χ1v) is 5.23. The van der Waals surface area contributed by atoms with Crippen LogP contribution in [0.15, 0.2) is 12.4 Å². The molecular weight excluding hydrogens is 192 g/mol. The van der Waals surface area contributed by atoms with E-state index in [0.29, 0.717) is 18.0 Å². The molecule has 0 radical (unpaired) electrons. The highest BCUT2D eigenvalue weighted by atomic mass is 16.5. The van der Waals surface area contributed by atoms with Crippen molar-refractivity contribution in [2.75, 3.05) is 17.7 Å². The fourth-order valence-corrected chi connectivity index (χ4v) is 1.72. The number of nitrogens with two attached hydrogens (primary N) is 1. The lowest BCUT2D eigenvalue weighted by Crippen LogP contribution is -2.41. The second-order valence-corrected chi connectivity index (χ2v) is 3.72. The summed E-state index contributed by atoms with van der Waals surface area (Å²) in [7, 11) is 0. The van der Waals surface area contributed by atoms with Crippen molar-refractivity contribution in [1.82, 2.24) is 9.97 Å². The Morgan fingerprint density at radius 2 is 2.33 bits per heavy atom. The number of ether oxygens (including phenoxy) is 1. The predicted octanol–water partition coefficient (Wildman–Crippen LogP) is 1.04. The number of aromatic nitrogens is 2. The largest absolute Gasteiger partial charge is 0.384 e. The Morgan fingerprint density at radius 3 is 3.00 bits per heavy atom. The van der Waals surface area contributed by atoms with Crippen molar-refractivity contribution in [2.45, 2.75) is 31.9 Å². The first-order valence-electron chi connectivity index (χ1n) is 5.23. The molecule has 0 spiro atoms. The summed E-state index contributed by atoms with van der Waals surface area (Å²) in [6, 6.07) is 2.20. The highest BCUT2D eigenvalue weighted by Crippen LogP contribution is 2.26. The van der Waals surface area contributed by atoms with Crippen LogP contribution in [0.3, 0.4) is 0 Å². The van der Waals surface area contributed by atoms with E-state index in [-0.39, 0.29) is 0 Å². The second-order valence-electron chi connectivity index (χ2n) is 3.72. The van der Waals surface area contributed by atoms with Gasteiger partial charge < -0.3 is 15.8 Å². The zero-order valence-corrected chi connectivity index (χ0v) is 8.81. The van der Waals surface area contributed by atoms with Crippen molar-refractivity contribution in [3.63, 3.8) is 0 Å². The lowest BCUT2D eigenvalue weighted by atomic mass is 9.89. The summed E-state index contributed by atoms with van der Waals surface area (Å²) >= 11 is 0. The lowest BCUT2D eigenvalue weighted by molar-refractivity contribution is 0.00292. The third-order valence-electron chi connectivity index (χ3n) is 2.54. The van der Waals surface area contributed by atoms with Crippen LogP contribution in [0.4, 0.5) is 11.6 Å². The van der Waals surface area contributed by atoms with Crippen LogP contribution in [0.25, 0.3) is 0 Å². The fraction of sp³-hybridized carbons (Fsp3) is 0.600. The van der Waals surface area contributed by atoms with Gasteiger partial charge in [-0.15, -0.1) is 0 Å². The molecule has 82 valence electrons. The molecule has 1 aliphatic rings. The van der Waals surface area contributed by atoms with E-state index in [1.54, 1.807) is 6.07 Å². The van der Waals surface area contributed by atoms with Crippen LogP contribution in [-0.2, 0) is 4.74 Å². The maximum absolute atomic E-state index is 5.55. The molecule has 1 heterocycles. The van der Waals surface area contributed by atoms with Crippen LogP contribution >= 0.6 is 0 Å². The summed E-state index contributed by atoms with van der Waals surface area (Å²) in [6.45, 7) is 2.81. The van der Waals surface area contributed by atoms with Gasteiger partial charge in [0.2, 0.25) is 0 Å². The normalized spacial score (nSPS) is 24.6. The second kappa shape index (κ2) is 4.44. The zero-order valence-electron chi connectivity index (χ0n) is 8.81. The summed E-state index contributed by atoms with van der Waals surface area (Å²) < 4.78 is 5.47. The van der Waals surface area contributed by atoms with Crippen LogP contribution in [0, 0.1) is 0 Å². The van der Waals surface area contributed by atoms with Gasteiger partial charge in [-0.3, -0.25) is 0 Å². The standard InChI is InChI=1S/C10H16N4O/c1-2-15-8-3-7(4-8)14-10-5-9(11)12-6-13-10/h5-8H,2-4H2,1H3,(H3,11,12,13,14). The molecule has 5 nitrogen and oxygen atoms in total. The van der Waals surface area contributed by atoms with E-state index in [1.165, 1.54) is 6.33 Å². The zero-order chi connectivity index (χ0) is 10.7. The molecule has 0 bridgehead atoms. The van der Waals surface area contributed by atoms with Crippen molar-refractivity contribution in [1.29, 1.82) is 0 Å². The van der Waals surface area contributed by atoms with E-state index in [0.717, 1.165) is 25.3 Å². The van der Waals surface area contributed by atoms with Crippen LogP contribution < -0.4 is 11.1 Å². The minimum atomic E-state index is 0.409. The van der Waals surface area contributed by atoms with Gasteiger partial charge in [0.15, 0.2) is 0 Å². The molecule has 1 aliphatic carbocycles. The fourth-order valence-electron chi connectivity index (χ4n) is 1.72. The molecule has 5 heteroatoms. The molecule has 0 aromatic carbocycles. The van der Waals surface area contributed by atoms with Crippen molar-refractivity contribution in [2.24, 2.45) is 0 Å². The number of hydrogen-bond acceptors (Lipinski definition) is 5. The maximum Gasteiger partial charge on any atom is 0.131 e. The SMILES string of the molecule is CCOC1CC(Nc2cc(N)ncn2)C1. The van der Waals surface area contributed by atoms with Crippen molar-refractivity contribution in [3.8, 4) is 0 Å². The average molecular weight is 208 g/mol. The quantitative estimate of drug-likeness (QED) is 0.773. The van der Waals surface area contributed by atoms with Gasteiger partial charge >= 0.3 is 0 Å². The van der Waals surface area contributed by atoms with Crippen LogP contribution in [0.1, 0.15) is 19.8 Å². The summed E-state index contributed by atoms with van der Waals surface area (Å²) in [5.74, 6) is 1.29. The molecule has 3 N–H and O–H groups in total. The lowest BCUT2D eigenvalue weighted by Gasteiger charge is -2.35. The van der Waals surface area contributed by atoms with Crippen molar-refractivity contribution in [3.05, 3.63) is 12.4 Å². The third-order valence-corrected chi connectivity index (χ3v) is 2.54. The molecule has 1 aromatic rings. The molecule has 0 unspecified atom stereocenters. The Kier molecular flexibility index (Phi) is 3.01. The molecular formula is C10H16N4O. The molecule has 0 atom stereocenters. The van der Waals surface area contributed by atoms with Crippen LogP contribution in [0.5, 0.6) is 0 Å². The highest BCUT2D eigenvalue weighted by molar-refractivity contribution is 5.44. The first kappa shape index (κ1) is 10.2. The van der Waals surface area contributed by atoms with E-state index in [1.807, 2.05) is 6.92 Å². The minimum absolute atomic E-state index is 0.409. The van der Waals surface area contributed by atoms with Gasteiger partial charge in [-0.1, -0.05) is 0 Å². The van der Waals surface area contributed by atoms with E-state index >= 15 is 0 Å². The topological polar surface area (TPSA) is 73.1 Å². The van der Waals surface area contributed by atoms with Gasteiger partial charge in [0.25, 0.3) is 0 Å².